The van der Waals surface area contributed by atoms with Crippen LogP contribution in [0.3, 0.4) is 0 Å². The summed E-state index contributed by atoms with van der Waals surface area (Å²) in [5.74, 6) is 0.270. The first kappa shape index (κ1) is 20.1. The number of sulfone groups is 1. The average Bonchev–Trinajstić information content (AvgIpc) is 3.31. The minimum atomic E-state index is -3.14. The molecule has 1 amide bonds. The SMILES string of the molecule is COc1ccc(-c2cc(NC(=O)c3ccc(F)cc3)n([C@@H]3CCS(=O)(=O)C3)n2)cc1. The highest BCUT2D eigenvalue weighted by Gasteiger charge is 2.32. The first-order chi connectivity index (χ1) is 14.3. The molecule has 0 spiro atoms. The Morgan fingerprint density at radius 1 is 1.17 bits per heavy atom. The van der Waals surface area contributed by atoms with E-state index in [0.29, 0.717) is 23.7 Å². The van der Waals surface area contributed by atoms with Gasteiger partial charge in [-0.3, -0.25) is 4.79 Å². The summed E-state index contributed by atoms with van der Waals surface area (Å²) in [7, 11) is -1.57. The Hall–Kier alpha value is -3.20. The van der Waals surface area contributed by atoms with Gasteiger partial charge in [0.15, 0.2) is 9.84 Å². The van der Waals surface area contributed by atoms with Gasteiger partial charge in [0, 0.05) is 17.2 Å². The first-order valence-electron chi connectivity index (χ1n) is 9.36. The second kappa shape index (κ2) is 7.91. The van der Waals surface area contributed by atoms with E-state index >= 15 is 0 Å². The van der Waals surface area contributed by atoms with Crippen molar-refractivity contribution in [2.24, 2.45) is 0 Å². The Bertz CT molecular complexity index is 1170. The third-order valence-electron chi connectivity index (χ3n) is 5.02. The highest BCUT2D eigenvalue weighted by molar-refractivity contribution is 7.91. The molecular formula is C21H20FN3O4S. The van der Waals surface area contributed by atoms with Crippen molar-refractivity contribution in [1.29, 1.82) is 0 Å². The van der Waals surface area contributed by atoms with Gasteiger partial charge in [-0.25, -0.2) is 17.5 Å². The zero-order valence-corrected chi connectivity index (χ0v) is 17.0. The molecule has 1 atom stereocenters. The molecule has 0 bridgehead atoms. The van der Waals surface area contributed by atoms with Gasteiger partial charge in [-0.05, 0) is 55.0 Å². The summed E-state index contributed by atoms with van der Waals surface area (Å²) in [6, 6.07) is 13.8. The van der Waals surface area contributed by atoms with Gasteiger partial charge in [0.2, 0.25) is 0 Å². The highest BCUT2D eigenvalue weighted by atomic mass is 32.2. The Morgan fingerprint density at radius 2 is 1.87 bits per heavy atom. The number of aromatic nitrogens is 2. The van der Waals surface area contributed by atoms with E-state index in [1.54, 1.807) is 30.0 Å². The molecule has 9 heteroatoms. The third kappa shape index (κ3) is 4.20. The smallest absolute Gasteiger partial charge is 0.256 e. The van der Waals surface area contributed by atoms with Crippen LogP contribution in [0.5, 0.6) is 5.75 Å². The molecule has 2 heterocycles. The number of hydrogen-bond donors (Lipinski definition) is 1. The summed E-state index contributed by atoms with van der Waals surface area (Å²) in [4.78, 5) is 12.6. The number of anilines is 1. The van der Waals surface area contributed by atoms with Crippen LogP contribution in [-0.2, 0) is 9.84 Å². The molecule has 7 nitrogen and oxygen atoms in total. The molecule has 1 aliphatic heterocycles. The molecule has 156 valence electrons. The number of methoxy groups -OCH3 is 1. The number of carbonyl (C=O) groups excluding carboxylic acids is 1. The number of halogens is 1. The van der Waals surface area contributed by atoms with Crippen molar-refractivity contribution in [2.75, 3.05) is 23.9 Å². The summed E-state index contributed by atoms with van der Waals surface area (Å²) in [6.45, 7) is 0. The standard InChI is InChI=1S/C21H20FN3O4S/c1-29-18-8-4-14(5-9-18)19-12-20(23-21(26)15-2-6-16(22)7-3-15)25(24-19)17-10-11-30(27,28)13-17/h2-9,12,17H,10-11,13H2,1H3,(H,23,26)/t17-/m1/s1. The molecule has 0 saturated carbocycles. The summed E-state index contributed by atoms with van der Waals surface area (Å²) in [6.07, 6.45) is 0.422. The van der Waals surface area contributed by atoms with Crippen molar-refractivity contribution < 1.29 is 22.3 Å². The number of nitrogens with one attached hydrogen (secondary N) is 1. The number of hydrogen-bond acceptors (Lipinski definition) is 5. The lowest BCUT2D eigenvalue weighted by atomic mass is 10.1. The van der Waals surface area contributed by atoms with Crippen LogP contribution in [0.1, 0.15) is 22.8 Å². The zero-order chi connectivity index (χ0) is 21.3. The predicted octanol–water partition coefficient (Wildman–Crippen LogP) is 3.31. The van der Waals surface area contributed by atoms with Gasteiger partial charge in [-0.15, -0.1) is 0 Å². The maximum Gasteiger partial charge on any atom is 0.256 e. The van der Waals surface area contributed by atoms with Crippen molar-refractivity contribution in [3.63, 3.8) is 0 Å². The summed E-state index contributed by atoms with van der Waals surface area (Å²) >= 11 is 0. The van der Waals surface area contributed by atoms with E-state index < -0.39 is 21.6 Å². The number of benzene rings is 2. The van der Waals surface area contributed by atoms with Crippen LogP contribution >= 0.6 is 0 Å². The predicted molar refractivity (Wildman–Crippen MR) is 111 cm³/mol. The molecule has 1 aromatic heterocycles. The quantitative estimate of drug-likeness (QED) is 0.672. The molecule has 1 aliphatic rings. The number of rotatable bonds is 5. The van der Waals surface area contributed by atoms with Crippen LogP contribution in [-0.4, -0.2) is 42.7 Å². The van der Waals surface area contributed by atoms with Crippen molar-refractivity contribution in [3.05, 3.63) is 66.0 Å². The van der Waals surface area contributed by atoms with Gasteiger partial charge in [0.05, 0.1) is 30.4 Å². The normalized spacial score (nSPS) is 17.6. The minimum Gasteiger partial charge on any atom is -0.497 e. The Labute approximate surface area is 173 Å². The minimum absolute atomic E-state index is 0.0316. The van der Waals surface area contributed by atoms with E-state index in [0.717, 1.165) is 5.56 Å². The van der Waals surface area contributed by atoms with Gasteiger partial charge < -0.3 is 10.1 Å². The van der Waals surface area contributed by atoms with Crippen molar-refractivity contribution in [3.8, 4) is 17.0 Å². The molecular weight excluding hydrogens is 409 g/mol. The molecule has 1 N–H and O–H groups in total. The monoisotopic (exact) mass is 429 g/mol. The van der Waals surface area contributed by atoms with Crippen LogP contribution in [0.25, 0.3) is 11.3 Å². The van der Waals surface area contributed by atoms with Gasteiger partial charge in [0.1, 0.15) is 17.4 Å². The van der Waals surface area contributed by atoms with Gasteiger partial charge >= 0.3 is 0 Å². The molecule has 0 unspecified atom stereocenters. The maximum atomic E-state index is 13.2. The fourth-order valence-electron chi connectivity index (χ4n) is 3.43. The molecule has 1 saturated heterocycles. The molecule has 3 aromatic rings. The lowest BCUT2D eigenvalue weighted by Gasteiger charge is -2.13. The molecule has 2 aromatic carbocycles. The first-order valence-corrected chi connectivity index (χ1v) is 11.2. The van der Waals surface area contributed by atoms with Gasteiger partial charge in [0.25, 0.3) is 5.91 Å². The van der Waals surface area contributed by atoms with E-state index in [1.807, 2.05) is 12.1 Å². The van der Waals surface area contributed by atoms with Crippen LogP contribution in [0.4, 0.5) is 10.2 Å². The molecule has 1 fully saturated rings. The van der Waals surface area contributed by atoms with E-state index in [1.165, 1.54) is 24.3 Å². The van der Waals surface area contributed by atoms with Crippen LogP contribution < -0.4 is 10.1 Å². The molecule has 0 aliphatic carbocycles. The fraction of sp³-hybridized carbons (Fsp3) is 0.238. The van der Waals surface area contributed by atoms with Crippen molar-refractivity contribution in [1.82, 2.24) is 9.78 Å². The van der Waals surface area contributed by atoms with Crippen LogP contribution in [0.15, 0.2) is 54.6 Å². The van der Waals surface area contributed by atoms with E-state index in [-0.39, 0.29) is 23.1 Å². The second-order valence-corrected chi connectivity index (χ2v) is 9.33. The van der Waals surface area contributed by atoms with Crippen LogP contribution in [0, 0.1) is 5.82 Å². The number of nitrogens with zero attached hydrogens (tertiary/aromatic N) is 2. The summed E-state index contributed by atoms with van der Waals surface area (Å²) in [5, 5.41) is 7.36. The molecule has 0 radical (unpaired) electrons. The van der Waals surface area contributed by atoms with Crippen molar-refractivity contribution >= 4 is 21.6 Å². The summed E-state index contributed by atoms with van der Waals surface area (Å²) < 4.78 is 43.8. The summed E-state index contributed by atoms with van der Waals surface area (Å²) in [5.41, 5.74) is 1.68. The lowest BCUT2D eigenvalue weighted by molar-refractivity contribution is 0.102. The Morgan fingerprint density at radius 3 is 2.47 bits per heavy atom. The number of carbonyl (C=O) groups is 1. The lowest BCUT2D eigenvalue weighted by Crippen LogP contribution is -2.19. The van der Waals surface area contributed by atoms with E-state index in [2.05, 4.69) is 10.4 Å². The van der Waals surface area contributed by atoms with E-state index in [9.17, 15) is 17.6 Å². The largest absolute Gasteiger partial charge is 0.497 e. The maximum absolute atomic E-state index is 13.2. The second-order valence-electron chi connectivity index (χ2n) is 7.11. The third-order valence-corrected chi connectivity index (χ3v) is 6.77. The fourth-order valence-corrected chi connectivity index (χ4v) is 5.12. The van der Waals surface area contributed by atoms with Gasteiger partial charge in [-0.1, -0.05) is 0 Å². The topological polar surface area (TPSA) is 90.3 Å². The van der Waals surface area contributed by atoms with Gasteiger partial charge in [-0.2, -0.15) is 5.10 Å². The molecule has 4 rings (SSSR count). The Kier molecular flexibility index (Phi) is 5.29. The average molecular weight is 429 g/mol. The number of amides is 1. The zero-order valence-electron chi connectivity index (χ0n) is 16.2. The Balaban J connectivity index is 1.68. The van der Waals surface area contributed by atoms with E-state index in [4.69, 9.17) is 4.74 Å². The highest BCUT2D eigenvalue weighted by Crippen LogP contribution is 2.31. The van der Waals surface area contributed by atoms with Crippen molar-refractivity contribution in [2.45, 2.75) is 12.5 Å². The number of ether oxygens (including phenoxy) is 1. The van der Waals surface area contributed by atoms with Crippen LogP contribution in [0.2, 0.25) is 0 Å². The molecule has 30 heavy (non-hydrogen) atoms.